The van der Waals surface area contributed by atoms with Crippen LogP contribution >= 0.6 is 11.8 Å². The molecule has 0 saturated carbocycles. The van der Waals surface area contributed by atoms with Gasteiger partial charge in [0.15, 0.2) is 5.60 Å². The van der Waals surface area contributed by atoms with Crippen molar-refractivity contribution in [3.05, 3.63) is 35.6 Å². The number of carboxylic acid groups (broad SMARTS) is 1. The summed E-state index contributed by atoms with van der Waals surface area (Å²) in [5.74, 6) is -2.53. The average Bonchev–Trinajstić information content (AvgIpc) is 2.56. The molecule has 1 aromatic carbocycles. The molecule has 0 radical (unpaired) electrons. The molecule has 1 aromatic rings. The molecule has 1 fully saturated rings. The van der Waals surface area contributed by atoms with Crippen LogP contribution in [0.3, 0.4) is 0 Å². The SMILES string of the molecule is CC(O)(CNC(=O)C1CSC(Cc2ccccc2F)C(=O)N1)C(=O)O. The van der Waals surface area contributed by atoms with E-state index >= 15 is 0 Å². The van der Waals surface area contributed by atoms with Crippen molar-refractivity contribution in [2.45, 2.75) is 30.2 Å². The molecule has 2 amide bonds. The van der Waals surface area contributed by atoms with E-state index in [2.05, 4.69) is 10.6 Å². The standard InChI is InChI=1S/C16H19FN2O5S/c1-16(24,15(22)23)8-18-13(20)11-7-25-12(14(21)19-11)6-9-4-2-3-5-10(9)17/h2-5,11-12,24H,6-8H2,1H3,(H,18,20)(H,19,21)(H,22,23). The number of hydrogen-bond donors (Lipinski definition) is 4. The minimum absolute atomic E-state index is 0.214. The van der Waals surface area contributed by atoms with E-state index in [9.17, 15) is 23.9 Å². The summed E-state index contributed by atoms with van der Waals surface area (Å²) in [5, 5.41) is 22.7. The number of carbonyl (C=O) groups is 3. The van der Waals surface area contributed by atoms with Crippen LogP contribution in [0.4, 0.5) is 4.39 Å². The van der Waals surface area contributed by atoms with Crippen LogP contribution in [0.15, 0.2) is 24.3 Å². The predicted molar refractivity (Wildman–Crippen MR) is 89.6 cm³/mol. The smallest absolute Gasteiger partial charge is 0.337 e. The van der Waals surface area contributed by atoms with Gasteiger partial charge in [0.2, 0.25) is 11.8 Å². The van der Waals surface area contributed by atoms with Gasteiger partial charge in [-0.15, -0.1) is 11.8 Å². The third-order valence-electron chi connectivity index (χ3n) is 3.82. The highest BCUT2D eigenvalue weighted by molar-refractivity contribution is 8.00. The van der Waals surface area contributed by atoms with E-state index in [0.29, 0.717) is 5.56 Å². The Hall–Kier alpha value is -2.13. The molecule has 0 aromatic heterocycles. The van der Waals surface area contributed by atoms with E-state index in [1.165, 1.54) is 17.8 Å². The molecule has 9 heteroatoms. The third kappa shape index (κ3) is 4.93. The quantitative estimate of drug-likeness (QED) is 0.557. The third-order valence-corrected chi connectivity index (χ3v) is 5.13. The Balaban J connectivity index is 1.88. The van der Waals surface area contributed by atoms with E-state index in [0.717, 1.165) is 6.92 Å². The van der Waals surface area contributed by atoms with Crippen LogP contribution in [-0.4, -0.2) is 57.2 Å². The number of amides is 2. The number of carbonyl (C=O) groups excluding carboxylic acids is 2. The van der Waals surface area contributed by atoms with E-state index in [1.54, 1.807) is 18.2 Å². The lowest BCUT2D eigenvalue weighted by Gasteiger charge is -2.29. The summed E-state index contributed by atoms with van der Waals surface area (Å²) >= 11 is 1.23. The van der Waals surface area contributed by atoms with Gasteiger partial charge in [-0.25, -0.2) is 9.18 Å². The molecule has 0 bridgehead atoms. The summed E-state index contributed by atoms with van der Waals surface area (Å²) in [6.45, 7) is 0.588. The number of halogens is 1. The second kappa shape index (κ2) is 7.83. The van der Waals surface area contributed by atoms with Gasteiger partial charge in [-0.05, 0) is 25.0 Å². The van der Waals surface area contributed by atoms with Crippen molar-refractivity contribution in [2.75, 3.05) is 12.3 Å². The molecule has 1 aliphatic rings. The number of hydrogen-bond acceptors (Lipinski definition) is 5. The summed E-state index contributed by atoms with van der Waals surface area (Å²) in [7, 11) is 0. The van der Waals surface area contributed by atoms with Crippen LogP contribution in [0.2, 0.25) is 0 Å². The van der Waals surface area contributed by atoms with Gasteiger partial charge in [0.25, 0.3) is 0 Å². The van der Waals surface area contributed by atoms with Gasteiger partial charge in [0.1, 0.15) is 11.9 Å². The highest BCUT2D eigenvalue weighted by Crippen LogP contribution is 2.23. The Morgan fingerprint density at radius 3 is 2.72 bits per heavy atom. The average molecular weight is 370 g/mol. The largest absolute Gasteiger partial charge is 0.479 e. The zero-order valence-corrected chi connectivity index (χ0v) is 14.3. The highest BCUT2D eigenvalue weighted by atomic mass is 32.2. The minimum Gasteiger partial charge on any atom is -0.479 e. The zero-order chi connectivity index (χ0) is 18.6. The molecule has 1 aliphatic heterocycles. The maximum absolute atomic E-state index is 13.7. The summed E-state index contributed by atoms with van der Waals surface area (Å²) in [6, 6.07) is 5.36. The van der Waals surface area contributed by atoms with Gasteiger partial charge in [-0.2, -0.15) is 0 Å². The first-order chi connectivity index (χ1) is 11.7. The fraction of sp³-hybridized carbons (Fsp3) is 0.438. The molecular formula is C16H19FN2O5S. The van der Waals surface area contributed by atoms with Crippen LogP contribution < -0.4 is 10.6 Å². The molecule has 136 valence electrons. The van der Waals surface area contributed by atoms with Gasteiger partial charge in [-0.3, -0.25) is 9.59 Å². The lowest BCUT2D eigenvalue weighted by Crippen LogP contribution is -2.57. The number of aliphatic hydroxyl groups is 1. The Morgan fingerprint density at radius 1 is 1.44 bits per heavy atom. The van der Waals surface area contributed by atoms with Crippen LogP contribution in [0.1, 0.15) is 12.5 Å². The predicted octanol–water partition coefficient (Wildman–Crippen LogP) is -0.0798. The molecule has 3 atom stereocenters. The maximum atomic E-state index is 13.7. The number of benzene rings is 1. The van der Waals surface area contributed by atoms with E-state index in [-0.39, 0.29) is 23.9 Å². The number of nitrogens with one attached hydrogen (secondary N) is 2. The number of thioether (sulfide) groups is 1. The Bertz CT molecular complexity index is 682. The number of aliphatic carboxylic acids is 1. The molecule has 0 aliphatic carbocycles. The maximum Gasteiger partial charge on any atom is 0.337 e. The van der Waals surface area contributed by atoms with Crippen molar-refractivity contribution in [1.82, 2.24) is 10.6 Å². The van der Waals surface area contributed by atoms with E-state index in [4.69, 9.17) is 5.11 Å². The van der Waals surface area contributed by atoms with Crippen molar-refractivity contribution in [2.24, 2.45) is 0 Å². The van der Waals surface area contributed by atoms with Crippen LogP contribution in [0.5, 0.6) is 0 Å². The molecule has 0 spiro atoms. The summed E-state index contributed by atoms with van der Waals surface area (Å²) in [5.41, 5.74) is -1.66. The van der Waals surface area contributed by atoms with Crippen molar-refractivity contribution < 1.29 is 29.0 Å². The molecular weight excluding hydrogens is 351 g/mol. The Morgan fingerprint density at radius 2 is 2.12 bits per heavy atom. The minimum atomic E-state index is -2.09. The van der Waals surface area contributed by atoms with Crippen molar-refractivity contribution >= 4 is 29.5 Å². The number of rotatable bonds is 6. The molecule has 3 unspecified atom stereocenters. The van der Waals surface area contributed by atoms with Crippen LogP contribution in [-0.2, 0) is 20.8 Å². The monoisotopic (exact) mass is 370 g/mol. The van der Waals surface area contributed by atoms with Gasteiger partial charge in [0, 0.05) is 5.75 Å². The van der Waals surface area contributed by atoms with Crippen LogP contribution in [0, 0.1) is 5.82 Å². The summed E-state index contributed by atoms with van der Waals surface area (Å²) < 4.78 is 13.7. The molecule has 1 saturated heterocycles. The normalized spacial score (nSPS) is 22.6. The second-order valence-corrected chi connectivity index (χ2v) is 7.21. The zero-order valence-electron chi connectivity index (χ0n) is 13.5. The molecule has 2 rings (SSSR count). The van der Waals surface area contributed by atoms with Gasteiger partial charge < -0.3 is 20.8 Å². The first kappa shape index (κ1) is 19.2. The fourth-order valence-electron chi connectivity index (χ4n) is 2.21. The van der Waals surface area contributed by atoms with Crippen molar-refractivity contribution in [1.29, 1.82) is 0 Å². The lowest BCUT2D eigenvalue weighted by atomic mass is 10.1. The summed E-state index contributed by atoms with van der Waals surface area (Å²) in [6.07, 6.45) is 0.214. The first-order valence-electron chi connectivity index (χ1n) is 7.59. The van der Waals surface area contributed by atoms with Crippen molar-refractivity contribution in [3.8, 4) is 0 Å². The second-order valence-electron chi connectivity index (χ2n) is 5.98. The van der Waals surface area contributed by atoms with E-state index in [1.807, 2.05) is 0 Å². The Labute approximate surface area is 148 Å². The molecule has 1 heterocycles. The lowest BCUT2D eigenvalue weighted by molar-refractivity contribution is -0.156. The van der Waals surface area contributed by atoms with E-state index < -0.39 is 35.3 Å². The van der Waals surface area contributed by atoms with Crippen LogP contribution in [0.25, 0.3) is 0 Å². The van der Waals surface area contributed by atoms with Crippen molar-refractivity contribution in [3.63, 3.8) is 0 Å². The highest BCUT2D eigenvalue weighted by Gasteiger charge is 2.35. The molecule has 7 nitrogen and oxygen atoms in total. The molecule has 25 heavy (non-hydrogen) atoms. The van der Waals surface area contributed by atoms with Gasteiger partial charge in [-0.1, -0.05) is 18.2 Å². The fourth-order valence-corrected chi connectivity index (χ4v) is 3.39. The summed E-state index contributed by atoms with van der Waals surface area (Å²) in [4.78, 5) is 35.0. The first-order valence-corrected chi connectivity index (χ1v) is 8.64. The Kier molecular flexibility index (Phi) is 6.02. The molecule has 4 N–H and O–H groups in total. The number of carboxylic acids is 1. The van der Waals surface area contributed by atoms with Gasteiger partial charge in [0.05, 0.1) is 11.8 Å². The topological polar surface area (TPSA) is 116 Å². The van der Waals surface area contributed by atoms with Gasteiger partial charge >= 0.3 is 5.97 Å².